The Labute approximate surface area is 109 Å². The van der Waals surface area contributed by atoms with E-state index in [0.717, 1.165) is 0 Å². The van der Waals surface area contributed by atoms with Crippen molar-refractivity contribution < 1.29 is 14.9 Å². The molecule has 3 N–H and O–H groups in total. The fourth-order valence-electron chi connectivity index (χ4n) is 1.98. The van der Waals surface area contributed by atoms with E-state index in [0.29, 0.717) is 0 Å². The summed E-state index contributed by atoms with van der Waals surface area (Å²) in [6.07, 6.45) is -0.798. The van der Waals surface area contributed by atoms with Gasteiger partial charge in [-0.1, -0.05) is 0 Å². The van der Waals surface area contributed by atoms with Crippen molar-refractivity contribution in [3.05, 3.63) is 33.1 Å². The van der Waals surface area contributed by atoms with Gasteiger partial charge in [-0.3, -0.25) is 0 Å². The van der Waals surface area contributed by atoms with Gasteiger partial charge < -0.3 is 0 Å². The van der Waals surface area contributed by atoms with E-state index < -0.39 is 29.7 Å². The number of aliphatic hydroxyl groups excluding tert-OH is 2. The molecule has 2 heterocycles. The van der Waals surface area contributed by atoms with Crippen LogP contribution in [0.3, 0.4) is 0 Å². The summed E-state index contributed by atoms with van der Waals surface area (Å²) in [4.78, 5) is 24.6. The van der Waals surface area contributed by atoms with Gasteiger partial charge in [-0.2, -0.15) is 0 Å². The molecule has 4 atom stereocenters. The molecule has 8 heteroatoms. The molecule has 1 fully saturated rings. The molecule has 1 aromatic rings. The van der Waals surface area contributed by atoms with Crippen molar-refractivity contribution in [2.24, 2.45) is 0 Å². The van der Waals surface area contributed by atoms with Crippen LogP contribution in [0.5, 0.6) is 0 Å². The van der Waals surface area contributed by atoms with Gasteiger partial charge in [0.2, 0.25) is 0 Å². The van der Waals surface area contributed by atoms with Crippen LogP contribution < -0.4 is 11.2 Å². The Balaban J connectivity index is 2.38. The van der Waals surface area contributed by atoms with Crippen molar-refractivity contribution in [2.75, 3.05) is 6.61 Å². The second-order valence-electron chi connectivity index (χ2n) is 3.96. The van der Waals surface area contributed by atoms with Crippen LogP contribution in [-0.4, -0.2) is 53.5 Å². The van der Waals surface area contributed by atoms with E-state index in [2.05, 4.69) is 4.98 Å². The van der Waals surface area contributed by atoms with E-state index >= 15 is 0 Å². The number of hydrogen-bond acceptors (Lipinski definition) is 5. The Morgan fingerprint density at radius 2 is 2.28 bits per heavy atom. The van der Waals surface area contributed by atoms with Gasteiger partial charge in [-0.15, -0.1) is 0 Å². The predicted octanol–water partition coefficient (Wildman–Crippen LogP) is -1.67. The molecule has 7 nitrogen and oxygen atoms in total. The number of nitrogens with zero attached hydrogens (tertiary/aromatic N) is 1. The average molecular weight is 321 g/mol. The Bertz CT molecular complexity index is 527. The first-order chi connectivity index (χ1) is 8.58. The number of hydrogen-bond donors (Lipinski definition) is 3. The Kier molecular flexibility index (Phi) is 4.03. The molecule has 0 spiro atoms. The predicted molar refractivity (Wildman–Crippen MR) is 63.7 cm³/mol. The third-order valence-corrected chi connectivity index (χ3v) is 5.11. The fraction of sp³-hybridized carbons (Fsp3) is 0.600. The third-order valence-electron chi connectivity index (χ3n) is 2.89. The monoisotopic (exact) mass is 322 g/mol. The Morgan fingerprint density at radius 1 is 1.56 bits per heavy atom. The van der Waals surface area contributed by atoms with Crippen molar-refractivity contribution >= 4 is 15.0 Å². The van der Waals surface area contributed by atoms with Crippen LogP contribution in [0.2, 0.25) is 10.6 Å². The first kappa shape index (κ1) is 13.5. The molecule has 0 aliphatic carbocycles. The summed E-state index contributed by atoms with van der Waals surface area (Å²) in [6.45, 7) is -0.303. The van der Waals surface area contributed by atoms with Gasteiger partial charge in [0, 0.05) is 0 Å². The number of H-pyrrole nitrogens is 1. The summed E-state index contributed by atoms with van der Waals surface area (Å²) in [5.74, 6) is 1.92. The normalized spacial score (nSPS) is 31.7. The molecule has 2 rings (SSSR count). The molecule has 0 bridgehead atoms. The quantitative estimate of drug-likeness (QED) is 0.577. The Morgan fingerprint density at radius 3 is 2.83 bits per heavy atom. The van der Waals surface area contributed by atoms with Gasteiger partial charge in [-0.05, 0) is 0 Å². The summed E-state index contributed by atoms with van der Waals surface area (Å²) >= 11 is 0.0313. The summed E-state index contributed by atoms with van der Waals surface area (Å²) in [5.41, 5.74) is -1.06. The van der Waals surface area contributed by atoms with Crippen molar-refractivity contribution in [1.82, 2.24) is 9.55 Å². The Hall–Kier alpha value is -0.921. The van der Waals surface area contributed by atoms with Crippen molar-refractivity contribution in [3.63, 3.8) is 0 Å². The fourth-order valence-corrected chi connectivity index (χ4v) is 3.83. The van der Waals surface area contributed by atoms with Crippen LogP contribution in [0.4, 0.5) is 0 Å². The van der Waals surface area contributed by atoms with E-state index in [9.17, 15) is 14.7 Å². The molecule has 1 saturated heterocycles. The summed E-state index contributed by atoms with van der Waals surface area (Å²) < 4.78 is 6.74. The summed E-state index contributed by atoms with van der Waals surface area (Å²) in [6, 6.07) is 1.23. The zero-order chi connectivity index (χ0) is 13.3. The standard InChI is InChI=1S/C10H14N2O5Se/c1-18-8-7(15)5(4-13)17-9(8)12-3-2-6(14)11-10(12)16/h2-3,5,7-9,13,15H,4H2,1H3,(H,11,14,16)/t5-,7-,8-,9-/m1/s1. The molecule has 18 heavy (non-hydrogen) atoms. The van der Waals surface area contributed by atoms with Gasteiger partial charge in [-0.25, -0.2) is 0 Å². The van der Waals surface area contributed by atoms with Crippen LogP contribution in [0.1, 0.15) is 6.23 Å². The minimum atomic E-state index is -0.802. The number of aliphatic hydroxyl groups is 2. The molecule has 0 aromatic carbocycles. The molecule has 1 aromatic heterocycles. The van der Waals surface area contributed by atoms with Crippen molar-refractivity contribution in [2.45, 2.75) is 29.1 Å². The first-order valence-electron chi connectivity index (χ1n) is 5.37. The maximum absolute atomic E-state index is 11.7. The molecule has 0 amide bonds. The van der Waals surface area contributed by atoms with Gasteiger partial charge >= 0.3 is 108 Å². The second kappa shape index (κ2) is 5.38. The van der Waals surface area contributed by atoms with Crippen molar-refractivity contribution in [1.29, 1.82) is 0 Å². The van der Waals surface area contributed by atoms with Crippen LogP contribution in [0, 0.1) is 0 Å². The number of aromatic nitrogens is 2. The van der Waals surface area contributed by atoms with E-state index in [1.165, 1.54) is 16.8 Å². The SMILES string of the molecule is C[Se][C@@H]1[C@H](O)[C@@H](CO)O[C@H]1n1ccc(=O)[nH]c1=O. The number of ether oxygens (including phenoxy) is 1. The molecule has 100 valence electrons. The van der Waals surface area contributed by atoms with Crippen LogP contribution in [-0.2, 0) is 4.74 Å². The zero-order valence-corrected chi connectivity index (χ0v) is 11.4. The van der Waals surface area contributed by atoms with Gasteiger partial charge in [0.25, 0.3) is 0 Å². The molecule has 0 radical (unpaired) electrons. The van der Waals surface area contributed by atoms with Crippen LogP contribution in [0.15, 0.2) is 21.9 Å². The average Bonchev–Trinajstić information content (AvgIpc) is 2.65. The van der Waals surface area contributed by atoms with E-state index in [1.54, 1.807) is 0 Å². The molecule has 0 unspecified atom stereocenters. The third kappa shape index (κ3) is 2.30. The first-order valence-corrected chi connectivity index (χ1v) is 8.07. The topological polar surface area (TPSA) is 105 Å². The van der Waals surface area contributed by atoms with Gasteiger partial charge in [0.15, 0.2) is 0 Å². The molecular formula is C10H14N2O5Se. The molecule has 1 aliphatic rings. The van der Waals surface area contributed by atoms with Gasteiger partial charge in [0.05, 0.1) is 0 Å². The van der Waals surface area contributed by atoms with E-state index in [1.807, 2.05) is 5.82 Å². The minimum absolute atomic E-state index is 0.0313. The second-order valence-corrected chi connectivity index (χ2v) is 6.09. The number of nitrogens with one attached hydrogen (secondary N) is 1. The van der Waals surface area contributed by atoms with Crippen LogP contribution >= 0.6 is 0 Å². The molecular weight excluding hydrogens is 307 g/mol. The van der Waals surface area contributed by atoms with E-state index in [4.69, 9.17) is 9.84 Å². The maximum atomic E-state index is 11.7. The molecule has 0 saturated carbocycles. The zero-order valence-electron chi connectivity index (χ0n) is 9.65. The summed E-state index contributed by atoms with van der Waals surface area (Å²) in [7, 11) is 0. The number of aromatic amines is 1. The van der Waals surface area contributed by atoms with Crippen LogP contribution in [0.25, 0.3) is 0 Å². The van der Waals surface area contributed by atoms with E-state index in [-0.39, 0.29) is 26.4 Å². The number of rotatable bonds is 3. The van der Waals surface area contributed by atoms with Gasteiger partial charge in [0.1, 0.15) is 0 Å². The van der Waals surface area contributed by atoms with Crippen molar-refractivity contribution in [3.8, 4) is 0 Å². The molecule has 1 aliphatic heterocycles. The summed E-state index contributed by atoms with van der Waals surface area (Å²) in [5, 5.41) is 19.1.